The summed E-state index contributed by atoms with van der Waals surface area (Å²) in [4.78, 5) is 11.1. The molecule has 0 aliphatic carbocycles. The number of carbonyl (C=O) groups is 1. The van der Waals surface area contributed by atoms with Crippen molar-refractivity contribution in [1.29, 1.82) is 0 Å². The summed E-state index contributed by atoms with van der Waals surface area (Å²) >= 11 is 1.69. The number of ketones is 1. The minimum Gasteiger partial charge on any atom is -0.300 e. The van der Waals surface area contributed by atoms with Crippen molar-refractivity contribution in [3.05, 3.63) is 27.3 Å². The van der Waals surface area contributed by atoms with Gasteiger partial charge in [-0.25, -0.2) is 0 Å². The van der Waals surface area contributed by atoms with Crippen LogP contribution in [0.1, 0.15) is 12.5 Å². The smallest absolute Gasteiger partial charge is 0.300 e. The standard InChI is InChI=1S/C10H8F3IOS/c1-6(15)5-7-3-2-4-8(9(7)14)16-10(11,12)13/h2-4H,5H2,1H3. The number of Topliss-reactive ketones (excluding diaryl/α,β-unsaturated/α-hetero) is 1. The lowest BCUT2D eigenvalue weighted by atomic mass is 10.1. The van der Waals surface area contributed by atoms with Gasteiger partial charge in [-0.05, 0) is 52.9 Å². The molecule has 1 aromatic carbocycles. The normalized spacial score (nSPS) is 11.6. The van der Waals surface area contributed by atoms with Gasteiger partial charge in [0.15, 0.2) is 0 Å². The maximum Gasteiger partial charge on any atom is 0.446 e. The Kier molecular flexibility index (Phi) is 4.66. The molecule has 16 heavy (non-hydrogen) atoms. The summed E-state index contributed by atoms with van der Waals surface area (Å²) in [7, 11) is 0. The number of rotatable bonds is 3. The van der Waals surface area contributed by atoms with E-state index in [-0.39, 0.29) is 28.9 Å². The Morgan fingerprint density at radius 1 is 1.44 bits per heavy atom. The van der Waals surface area contributed by atoms with Gasteiger partial charge in [0, 0.05) is 14.9 Å². The zero-order valence-corrected chi connectivity index (χ0v) is 11.2. The highest BCUT2D eigenvalue weighted by Crippen LogP contribution is 2.39. The summed E-state index contributed by atoms with van der Waals surface area (Å²) < 4.78 is 37.1. The molecule has 0 N–H and O–H groups in total. The lowest BCUT2D eigenvalue weighted by Gasteiger charge is -2.10. The first kappa shape index (κ1) is 13.8. The molecule has 1 nitrogen and oxygen atoms in total. The predicted molar refractivity (Wildman–Crippen MR) is 65.5 cm³/mol. The molecule has 0 radical (unpaired) electrons. The van der Waals surface area contributed by atoms with Gasteiger partial charge >= 0.3 is 5.51 Å². The molecule has 0 saturated carbocycles. The highest BCUT2D eigenvalue weighted by molar-refractivity contribution is 14.1. The molecule has 0 heterocycles. The first-order chi connectivity index (χ1) is 7.29. The first-order valence-electron chi connectivity index (χ1n) is 4.32. The van der Waals surface area contributed by atoms with Crippen LogP contribution in [0.25, 0.3) is 0 Å². The predicted octanol–water partition coefficient (Wildman–Crippen LogP) is 4.03. The monoisotopic (exact) mass is 360 g/mol. The van der Waals surface area contributed by atoms with Gasteiger partial charge in [-0.2, -0.15) is 13.2 Å². The molecule has 0 aromatic heterocycles. The summed E-state index contributed by atoms with van der Waals surface area (Å²) in [5.41, 5.74) is -3.66. The Balaban J connectivity index is 2.99. The molecule has 0 unspecified atom stereocenters. The Hall–Kier alpha value is -0.240. The molecular weight excluding hydrogens is 352 g/mol. The average Bonchev–Trinajstić information content (AvgIpc) is 2.09. The number of hydrogen-bond acceptors (Lipinski definition) is 2. The molecule has 0 amide bonds. The van der Waals surface area contributed by atoms with Crippen LogP contribution in [0.3, 0.4) is 0 Å². The van der Waals surface area contributed by atoms with Crippen molar-refractivity contribution >= 4 is 40.1 Å². The van der Waals surface area contributed by atoms with Gasteiger partial charge in [0.1, 0.15) is 5.78 Å². The van der Waals surface area contributed by atoms with Crippen LogP contribution in [-0.2, 0) is 11.2 Å². The Bertz CT molecular complexity index is 404. The number of carbonyl (C=O) groups excluding carboxylic acids is 1. The molecule has 0 saturated heterocycles. The molecule has 0 spiro atoms. The molecule has 1 rings (SSSR count). The molecule has 6 heteroatoms. The summed E-state index contributed by atoms with van der Waals surface area (Å²) in [5.74, 6) is -0.0629. The number of halogens is 4. The van der Waals surface area contributed by atoms with Crippen molar-refractivity contribution < 1.29 is 18.0 Å². The molecule has 0 bridgehead atoms. The Morgan fingerprint density at radius 2 is 2.06 bits per heavy atom. The maximum atomic E-state index is 12.2. The highest BCUT2D eigenvalue weighted by atomic mass is 127. The van der Waals surface area contributed by atoms with Crippen molar-refractivity contribution in [3.8, 4) is 0 Å². The third-order valence-corrected chi connectivity index (χ3v) is 4.14. The van der Waals surface area contributed by atoms with Crippen LogP contribution in [0.4, 0.5) is 13.2 Å². The number of alkyl halides is 3. The second-order valence-corrected chi connectivity index (χ2v) is 5.34. The van der Waals surface area contributed by atoms with E-state index in [4.69, 9.17) is 0 Å². The van der Waals surface area contributed by atoms with Crippen LogP contribution in [0.15, 0.2) is 23.1 Å². The second kappa shape index (κ2) is 5.39. The molecular formula is C10H8F3IOS. The van der Waals surface area contributed by atoms with E-state index in [9.17, 15) is 18.0 Å². The van der Waals surface area contributed by atoms with Gasteiger partial charge in [0.2, 0.25) is 0 Å². The van der Waals surface area contributed by atoms with E-state index >= 15 is 0 Å². The van der Waals surface area contributed by atoms with Crippen molar-refractivity contribution in [1.82, 2.24) is 0 Å². The molecule has 0 aliphatic rings. The SMILES string of the molecule is CC(=O)Cc1cccc(SC(F)(F)F)c1I. The lowest BCUT2D eigenvalue weighted by Crippen LogP contribution is -2.03. The van der Waals surface area contributed by atoms with E-state index in [1.165, 1.54) is 19.1 Å². The molecule has 0 aliphatic heterocycles. The van der Waals surface area contributed by atoms with Crippen molar-refractivity contribution in [3.63, 3.8) is 0 Å². The van der Waals surface area contributed by atoms with Crippen LogP contribution in [0.2, 0.25) is 0 Å². The van der Waals surface area contributed by atoms with Crippen molar-refractivity contribution in [2.75, 3.05) is 0 Å². The Labute approximate surface area is 109 Å². The van der Waals surface area contributed by atoms with Gasteiger partial charge < -0.3 is 0 Å². The average molecular weight is 360 g/mol. The molecule has 0 atom stereocenters. The fraction of sp³-hybridized carbons (Fsp3) is 0.300. The van der Waals surface area contributed by atoms with E-state index < -0.39 is 5.51 Å². The van der Waals surface area contributed by atoms with Crippen LogP contribution < -0.4 is 0 Å². The third-order valence-electron chi connectivity index (χ3n) is 1.71. The first-order valence-corrected chi connectivity index (χ1v) is 6.21. The van der Waals surface area contributed by atoms with Gasteiger partial charge in [0.25, 0.3) is 0 Å². The second-order valence-electron chi connectivity index (χ2n) is 3.16. The van der Waals surface area contributed by atoms with E-state index in [2.05, 4.69) is 0 Å². The zero-order chi connectivity index (χ0) is 12.3. The van der Waals surface area contributed by atoms with E-state index in [1.54, 1.807) is 6.07 Å². The van der Waals surface area contributed by atoms with Gasteiger partial charge in [-0.15, -0.1) is 0 Å². The molecule has 88 valence electrons. The number of benzene rings is 1. The quantitative estimate of drug-likeness (QED) is 0.598. The van der Waals surface area contributed by atoms with E-state index in [1.807, 2.05) is 22.6 Å². The fourth-order valence-electron chi connectivity index (χ4n) is 1.16. The summed E-state index contributed by atoms with van der Waals surface area (Å²) in [6, 6.07) is 4.61. The van der Waals surface area contributed by atoms with E-state index in [0.717, 1.165) is 0 Å². The van der Waals surface area contributed by atoms with Crippen LogP contribution >= 0.6 is 34.4 Å². The van der Waals surface area contributed by atoms with Crippen LogP contribution in [0.5, 0.6) is 0 Å². The minimum absolute atomic E-state index is 0.0629. The molecule has 0 fully saturated rings. The third kappa shape index (κ3) is 4.32. The summed E-state index contributed by atoms with van der Waals surface area (Å²) in [6.45, 7) is 1.42. The Morgan fingerprint density at radius 3 is 2.56 bits per heavy atom. The van der Waals surface area contributed by atoms with Gasteiger partial charge in [0.05, 0.1) is 0 Å². The van der Waals surface area contributed by atoms with Gasteiger partial charge in [-0.1, -0.05) is 12.1 Å². The number of hydrogen-bond donors (Lipinski definition) is 0. The van der Waals surface area contributed by atoms with Crippen molar-refractivity contribution in [2.24, 2.45) is 0 Å². The van der Waals surface area contributed by atoms with Gasteiger partial charge in [-0.3, -0.25) is 4.79 Å². The molecule has 1 aromatic rings. The highest BCUT2D eigenvalue weighted by Gasteiger charge is 2.30. The summed E-state index contributed by atoms with van der Waals surface area (Å²) in [5, 5.41) is 0. The van der Waals surface area contributed by atoms with E-state index in [0.29, 0.717) is 9.13 Å². The largest absolute Gasteiger partial charge is 0.446 e. The van der Waals surface area contributed by atoms with Crippen molar-refractivity contribution in [2.45, 2.75) is 23.7 Å². The maximum absolute atomic E-state index is 12.2. The van der Waals surface area contributed by atoms with Crippen LogP contribution in [0, 0.1) is 3.57 Å². The zero-order valence-electron chi connectivity index (χ0n) is 8.27. The summed E-state index contributed by atoms with van der Waals surface area (Å²) in [6.07, 6.45) is 0.171. The lowest BCUT2D eigenvalue weighted by molar-refractivity contribution is -0.116. The number of thioether (sulfide) groups is 1. The fourth-order valence-corrected chi connectivity index (χ4v) is 2.66. The topological polar surface area (TPSA) is 17.1 Å². The van der Waals surface area contributed by atoms with Crippen LogP contribution in [-0.4, -0.2) is 11.3 Å². The minimum atomic E-state index is -4.30.